The predicted molar refractivity (Wildman–Crippen MR) is 122 cm³/mol. The Kier molecular flexibility index (Phi) is 7.11. The van der Waals surface area contributed by atoms with Crippen LogP contribution in [0.3, 0.4) is 0 Å². The fourth-order valence-electron chi connectivity index (χ4n) is 2.93. The van der Waals surface area contributed by atoms with Gasteiger partial charge in [-0.2, -0.15) is 0 Å². The van der Waals surface area contributed by atoms with E-state index < -0.39 is 29.5 Å². The number of aromatic carboxylic acids is 1. The van der Waals surface area contributed by atoms with Gasteiger partial charge in [0, 0.05) is 9.64 Å². The van der Waals surface area contributed by atoms with Gasteiger partial charge in [0.25, 0.3) is 5.91 Å². The van der Waals surface area contributed by atoms with Crippen molar-refractivity contribution in [1.29, 1.82) is 0 Å². The minimum absolute atomic E-state index is 0.0340. The van der Waals surface area contributed by atoms with Gasteiger partial charge in [0.05, 0.1) is 29.6 Å². The number of nitrogens with one attached hydrogen (secondary N) is 1. The number of rotatable bonds is 7. The number of ether oxygens (including phenoxy) is 2. The second-order valence-electron chi connectivity index (χ2n) is 6.55. The highest BCUT2D eigenvalue weighted by Gasteiger charge is 2.22. The second-order valence-corrected chi connectivity index (χ2v) is 7.79. The maximum Gasteiger partial charge on any atom is 0.338 e. The van der Waals surface area contributed by atoms with Crippen molar-refractivity contribution in [2.75, 3.05) is 12.4 Å². The van der Waals surface area contributed by atoms with Gasteiger partial charge in [-0.25, -0.2) is 18.4 Å². The summed E-state index contributed by atoms with van der Waals surface area (Å²) in [6.45, 7) is 0. The number of carbonyl (C=O) groups is 3. The molecule has 3 aromatic rings. The van der Waals surface area contributed by atoms with Crippen LogP contribution < -0.4 is 15.8 Å². The van der Waals surface area contributed by atoms with Crippen LogP contribution in [0.5, 0.6) is 11.5 Å². The van der Waals surface area contributed by atoms with E-state index in [0.29, 0.717) is 3.57 Å². The molecule has 3 rings (SSSR count). The lowest BCUT2D eigenvalue weighted by atomic mass is 10.1. The Bertz CT molecular complexity index is 1280. The number of hydrogen-bond donors (Lipinski definition) is 3. The molecule has 4 N–H and O–H groups in total. The summed E-state index contributed by atoms with van der Waals surface area (Å²) < 4.78 is 39.4. The molecular weight excluding hydrogens is 553 g/mol. The standard InChI is InChI=1S/C22H15F2IN2O6/c1-32-22(31)14-9-12(3-4-13(14)21(29)30)33-18-7-10(23)6-17(19(18)20(26)28)27-16-5-2-11(25)8-15(16)24/h2-9,27H,1H3,(H2,26,28)(H,29,30). The Labute approximate surface area is 199 Å². The third kappa shape index (κ3) is 5.37. The maximum absolute atomic E-state index is 14.4. The van der Waals surface area contributed by atoms with E-state index in [0.717, 1.165) is 31.4 Å². The van der Waals surface area contributed by atoms with Crippen LogP contribution in [-0.4, -0.2) is 30.1 Å². The van der Waals surface area contributed by atoms with E-state index in [1.165, 1.54) is 18.2 Å². The van der Waals surface area contributed by atoms with Gasteiger partial charge in [0.15, 0.2) is 0 Å². The molecule has 3 aromatic carbocycles. The summed E-state index contributed by atoms with van der Waals surface area (Å²) in [5.74, 6) is -5.24. The van der Waals surface area contributed by atoms with Gasteiger partial charge in [-0.3, -0.25) is 4.79 Å². The van der Waals surface area contributed by atoms with Crippen LogP contribution in [0.1, 0.15) is 31.1 Å². The van der Waals surface area contributed by atoms with E-state index in [-0.39, 0.29) is 39.6 Å². The number of nitrogens with two attached hydrogens (primary N) is 1. The molecule has 11 heteroatoms. The molecule has 0 saturated heterocycles. The van der Waals surface area contributed by atoms with Crippen molar-refractivity contribution in [1.82, 2.24) is 0 Å². The van der Waals surface area contributed by atoms with E-state index in [9.17, 15) is 28.3 Å². The van der Waals surface area contributed by atoms with Gasteiger partial charge in [0.1, 0.15) is 28.7 Å². The van der Waals surface area contributed by atoms with Crippen LogP contribution in [0.15, 0.2) is 48.5 Å². The van der Waals surface area contributed by atoms with Crippen LogP contribution in [0.25, 0.3) is 0 Å². The molecule has 170 valence electrons. The highest BCUT2D eigenvalue weighted by molar-refractivity contribution is 14.1. The molecule has 0 atom stereocenters. The summed E-state index contributed by atoms with van der Waals surface area (Å²) in [5.41, 5.74) is 4.31. The summed E-state index contributed by atoms with van der Waals surface area (Å²) in [5, 5.41) is 11.9. The lowest BCUT2D eigenvalue weighted by molar-refractivity contribution is 0.0582. The Morgan fingerprint density at radius 2 is 1.73 bits per heavy atom. The SMILES string of the molecule is COC(=O)c1cc(Oc2cc(F)cc(Nc3ccc(I)cc3F)c2C(N)=O)ccc1C(=O)O. The second kappa shape index (κ2) is 9.81. The molecule has 8 nitrogen and oxygen atoms in total. The summed E-state index contributed by atoms with van der Waals surface area (Å²) in [4.78, 5) is 35.5. The van der Waals surface area contributed by atoms with Gasteiger partial charge in [-0.1, -0.05) is 0 Å². The summed E-state index contributed by atoms with van der Waals surface area (Å²) in [7, 11) is 1.07. The van der Waals surface area contributed by atoms with Gasteiger partial charge in [0.2, 0.25) is 0 Å². The molecule has 0 unspecified atom stereocenters. The molecule has 1 amide bonds. The first kappa shape index (κ1) is 23.9. The molecule has 0 saturated carbocycles. The van der Waals surface area contributed by atoms with E-state index in [1.54, 1.807) is 6.07 Å². The van der Waals surface area contributed by atoms with Gasteiger partial charge in [-0.05, 0) is 65.1 Å². The third-order valence-electron chi connectivity index (χ3n) is 4.37. The molecule has 0 fully saturated rings. The number of halogens is 3. The zero-order valence-electron chi connectivity index (χ0n) is 16.8. The normalized spacial score (nSPS) is 10.4. The van der Waals surface area contributed by atoms with Crippen LogP contribution in [0.2, 0.25) is 0 Å². The van der Waals surface area contributed by atoms with Crippen molar-refractivity contribution in [3.8, 4) is 11.5 Å². The minimum atomic E-state index is -1.38. The minimum Gasteiger partial charge on any atom is -0.478 e. The fourth-order valence-corrected chi connectivity index (χ4v) is 3.38. The molecule has 0 radical (unpaired) electrons. The van der Waals surface area contributed by atoms with Gasteiger partial charge < -0.3 is 25.6 Å². The molecule has 0 heterocycles. The molecule has 0 aromatic heterocycles. The Morgan fingerprint density at radius 3 is 2.33 bits per heavy atom. The Balaban J connectivity index is 2.08. The van der Waals surface area contributed by atoms with Crippen LogP contribution in [0, 0.1) is 15.2 Å². The molecule has 33 heavy (non-hydrogen) atoms. The number of anilines is 2. The quantitative estimate of drug-likeness (QED) is 0.279. The number of esters is 1. The van der Waals surface area contributed by atoms with Gasteiger partial charge >= 0.3 is 11.9 Å². The first-order chi connectivity index (χ1) is 15.6. The Morgan fingerprint density at radius 1 is 1.00 bits per heavy atom. The lowest BCUT2D eigenvalue weighted by Gasteiger charge is -2.16. The first-order valence-corrected chi connectivity index (χ1v) is 10.2. The summed E-state index contributed by atoms with van der Waals surface area (Å²) >= 11 is 1.92. The highest BCUT2D eigenvalue weighted by Crippen LogP contribution is 2.35. The van der Waals surface area contributed by atoms with Crippen molar-refractivity contribution >= 4 is 51.8 Å². The van der Waals surface area contributed by atoms with Crippen molar-refractivity contribution in [3.63, 3.8) is 0 Å². The predicted octanol–water partition coefficient (Wildman–Crippen LogP) is 4.69. The highest BCUT2D eigenvalue weighted by atomic mass is 127. The van der Waals surface area contributed by atoms with Crippen molar-refractivity contribution in [3.05, 3.63) is 80.4 Å². The van der Waals surface area contributed by atoms with E-state index in [4.69, 9.17) is 10.5 Å². The van der Waals surface area contributed by atoms with Crippen LogP contribution in [0.4, 0.5) is 20.2 Å². The van der Waals surface area contributed by atoms with Crippen molar-refractivity contribution < 1.29 is 37.7 Å². The number of primary amides is 1. The average Bonchev–Trinajstić information content (AvgIpc) is 2.74. The molecular formula is C22H15F2IN2O6. The average molecular weight is 568 g/mol. The monoisotopic (exact) mass is 568 g/mol. The third-order valence-corrected chi connectivity index (χ3v) is 5.04. The van der Waals surface area contributed by atoms with E-state index in [2.05, 4.69) is 10.1 Å². The molecule has 0 spiro atoms. The molecule has 0 aliphatic heterocycles. The number of carbonyl (C=O) groups excluding carboxylic acids is 2. The van der Waals surface area contributed by atoms with Crippen LogP contribution in [-0.2, 0) is 4.74 Å². The maximum atomic E-state index is 14.4. The summed E-state index contributed by atoms with van der Waals surface area (Å²) in [6.07, 6.45) is 0. The number of methoxy groups -OCH3 is 1. The lowest BCUT2D eigenvalue weighted by Crippen LogP contribution is -2.15. The van der Waals surface area contributed by atoms with Crippen molar-refractivity contribution in [2.24, 2.45) is 5.73 Å². The van der Waals surface area contributed by atoms with E-state index >= 15 is 0 Å². The Hall–Kier alpha value is -3.74. The topological polar surface area (TPSA) is 128 Å². The number of benzene rings is 3. The largest absolute Gasteiger partial charge is 0.478 e. The van der Waals surface area contributed by atoms with Crippen molar-refractivity contribution in [2.45, 2.75) is 0 Å². The zero-order valence-corrected chi connectivity index (χ0v) is 19.0. The van der Waals surface area contributed by atoms with Gasteiger partial charge in [-0.15, -0.1) is 0 Å². The number of amides is 1. The number of carboxylic acids is 1. The molecule has 0 bridgehead atoms. The first-order valence-electron chi connectivity index (χ1n) is 9.09. The fraction of sp³-hybridized carbons (Fsp3) is 0.0455. The number of carboxylic acid groups (broad SMARTS) is 1. The smallest absolute Gasteiger partial charge is 0.338 e. The molecule has 0 aliphatic carbocycles. The molecule has 0 aliphatic rings. The van der Waals surface area contributed by atoms with E-state index in [1.807, 2.05) is 22.6 Å². The summed E-state index contributed by atoms with van der Waals surface area (Å²) in [6, 6.07) is 9.42. The van der Waals surface area contributed by atoms with Crippen LogP contribution >= 0.6 is 22.6 Å². The number of hydrogen-bond acceptors (Lipinski definition) is 6. The zero-order chi connectivity index (χ0) is 24.3.